The van der Waals surface area contributed by atoms with Crippen molar-refractivity contribution in [1.82, 2.24) is 15.5 Å². The molecule has 4 aliphatic rings. The van der Waals surface area contributed by atoms with E-state index in [1.807, 2.05) is 18.4 Å². The van der Waals surface area contributed by atoms with E-state index < -0.39 is 0 Å². The van der Waals surface area contributed by atoms with Gasteiger partial charge in [-0.1, -0.05) is 0 Å². The highest BCUT2D eigenvalue weighted by molar-refractivity contribution is 7.11. The fourth-order valence-corrected chi connectivity index (χ4v) is 6.46. The van der Waals surface area contributed by atoms with E-state index in [1.54, 1.807) is 0 Å². The highest BCUT2D eigenvalue weighted by Crippen LogP contribution is 2.60. The van der Waals surface area contributed by atoms with Crippen LogP contribution in [-0.2, 0) is 11.8 Å². The van der Waals surface area contributed by atoms with E-state index in [0.717, 1.165) is 30.7 Å². The van der Waals surface area contributed by atoms with E-state index in [-0.39, 0.29) is 0 Å². The molecular weight excluding hydrogens is 266 g/mol. The lowest BCUT2D eigenvalue weighted by atomic mass is 9.50. The Hall–Kier alpha value is -0.480. The molecule has 0 aliphatic heterocycles. The molecule has 4 aliphatic carbocycles. The molecule has 1 N–H and O–H groups in total. The minimum atomic E-state index is 0.438. The van der Waals surface area contributed by atoms with Crippen molar-refractivity contribution in [3.63, 3.8) is 0 Å². The minimum Gasteiger partial charge on any atom is -0.320 e. The van der Waals surface area contributed by atoms with Crippen molar-refractivity contribution >= 4 is 11.3 Å². The van der Waals surface area contributed by atoms with Gasteiger partial charge in [0.25, 0.3) is 0 Å². The molecule has 4 bridgehead atoms. The first-order chi connectivity index (χ1) is 9.77. The molecule has 1 aromatic heterocycles. The molecule has 1 heterocycles. The van der Waals surface area contributed by atoms with Gasteiger partial charge < -0.3 is 5.32 Å². The fraction of sp³-hybridized carbons (Fsp3) is 0.875. The molecule has 4 heteroatoms. The van der Waals surface area contributed by atoms with Crippen molar-refractivity contribution in [1.29, 1.82) is 0 Å². The standard InChI is InChI=1S/C16H25N3S/c1-17-4-2-3-14-18-19-15(20-14)16-8-11-5-12(9-16)7-13(6-11)10-16/h11-13,17H,2-10H2,1H3. The van der Waals surface area contributed by atoms with E-state index >= 15 is 0 Å². The van der Waals surface area contributed by atoms with E-state index in [2.05, 4.69) is 15.5 Å². The molecule has 1 aromatic rings. The van der Waals surface area contributed by atoms with Crippen molar-refractivity contribution in [2.75, 3.05) is 13.6 Å². The average Bonchev–Trinajstić information content (AvgIpc) is 2.87. The van der Waals surface area contributed by atoms with Gasteiger partial charge in [-0.25, -0.2) is 0 Å². The molecule has 5 rings (SSSR count). The average molecular weight is 291 g/mol. The smallest absolute Gasteiger partial charge is 0.123 e. The van der Waals surface area contributed by atoms with Gasteiger partial charge in [-0.05, 0) is 76.3 Å². The number of hydrogen-bond donors (Lipinski definition) is 1. The highest BCUT2D eigenvalue weighted by Gasteiger charge is 2.53. The quantitative estimate of drug-likeness (QED) is 0.847. The summed E-state index contributed by atoms with van der Waals surface area (Å²) in [4.78, 5) is 0. The number of hydrogen-bond acceptors (Lipinski definition) is 4. The Balaban J connectivity index is 1.52. The topological polar surface area (TPSA) is 37.8 Å². The Morgan fingerprint density at radius 2 is 1.75 bits per heavy atom. The third kappa shape index (κ3) is 2.21. The zero-order valence-electron chi connectivity index (χ0n) is 12.4. The number of nitrogens with one attached hydrogen (secondary N) is 1. The highest BCUT2D eigenvalue weighted by atomic mass is 32.1. The van der Waals surface area contributed by atoms with Crippen molar-refractivity contribution in [2.45, 2.75) is 56.8 Å². The first-order valence-corrected chi connectivity index (χ1v) is 9.06. The summed E-state index contributed by atoms with van der Waals surface area (Å²) in [5.74, 6) is 2.99. The summed E-state index contributed by atoms with van der Waals surface area (Å²) in [6.45, 7) is 1.08. The molecule has 0 spiro atoms. The summed E-state index contributed by atoms with van der Waals surface area (Å²) in [7, 11) is 2.01. The van der Waals surface area contributed by atoms with Crippen molar-refractivity contribution in [3.8, 4) is 0 Å². The Bertz CT molecular complexity index is 447. The Morgan fingerprint density at radius 1 is 1.10 bits per heavy atom. The van der Waals surface area contributed by atoms with Crippen LogP contribution in [0.3, 0.4) is 0 Å². The summed E-state index contributed by atoms with van der Waals surface area (Å²) in [5, 5.41) is 15.0. The second-order valence-electron chi connectivity index (χ2n) is 7.41. The van der Waals surface area contributed by atoms with Gasteiger partial charge in [-0.15, -0.1) is 21.5 Å². The second-order valence-corrected chi connectivity index (χ2v) is 8.47. The van der Waals surface area contributed by atoms with E-state index in [4.69, 9.17) is 0 Å². The molecule has 0 saturated heterocycles. The van der Waals surface area contributed by atoms with Crippen LogP contribution in [0.2, 0.25) is 0 Å². The monoisotopic (exact) mass is 291 g/mol. The van der Waals surface area contributed by atoms with Crippen LogP contribution in [-0.4, -0.2) is 23.8 Å². The van der Waals surface area contributed by atoms with Gasteiger partial charge >= 0.3 is 0 Å². The molecule has 110 valence electrons. The number of rotatable bonds is 5. The Morgan fingerprint density at radius 3 is 2.35 bits per heavy atom. The van der Waals surface area contributed by atoms with Gasteiger partial charge in [0.2, 0.25) is 0 Å². The lowest BCUT2D eigenvalue weighted by molar-refractivity contribution is -0.00555. The number of nitrogens with zero attached hydrogens (tertiary/aromatic N) is 2. The third-order valence-electron chi connectivity index (χ3n) is 5.78. The summed E-state index contributed by atoms with van der Waals surface area (Å²) in [6.07, 6.45) is 11.0. The zero-order chi connectivity index (χ0) is 13.6. The molecule has 0 aromatic carbocycles. The predicted octanol–water partition coefficient (Wildman–Crippen LogP) is 3.16. The molecule has 0 unspecified atom stereocenters. The number of aromatic nitrogens is 2. The molecule has 0 amide bonds. The molecule has 4 saturated carbocycles. The van der Waals surface area contributed by atoms with Crippen LogP contribution < -0.4 is 5.32 Å². The van der Waals surface area contributed by atoms with Gasteiger partial charge in [-0.2, -0.15) is 0 Å². The van der Waals surface area contributed by atoms with Crippen LogP contribution in [0, 0.1) is 17.8 Å². The van der Waals surface area contributed by atoms with Crippen LogP contribution in [0.1, 0.15) is 55.0 Å². The van der Waals surface area contributed by atoms with E-state index in [1.165, 1.54) is 55.0 Å². The summed E-state index contributed by atoms with van der Waals surface area (Å²) in [6, 6.07) is 0. The molecule has 3 nitrogen and oxygen atoms in total. The number of aryl methyl sites for hydroxylation is 1. The van der Waals surface area contributed by atoms with Gasteiger partial charge in [-0.3, -0.25) is 0 Å². The van der Waals surface area contributed by atoms with Gasteiger partial charge in [0.05, 0.1) is 0 Å². The lowest BCUT2D eigenvalue weighted by Crippen LogP contribution is -2.48. The van der Waals surface area contributed by atoms with E-state index in [9.17, 15) is 0 Å². The fourth-order valence-electron chi connectivity index (χ4n) is 5.36. The van der Waals surface area contributed by atoms with Crippen molar-refractivity contribution in [3.05, 3.63) is 10.0 Å². The zero-order valence-corrected chi connectivity index (χ0v) is 13.2. The summed E-state index contributed by atoms with van der Waals surface area (Å²) < 4.78 is 0. The molecule has 0 atom stereocenters. The molecule has 20 heavy (non-hydrogen) atoms. The van der Waals surface area contributed by atoms with Crippen LogP contribution >= 0.6 is 11.3 Å². The van der Waals surface area contributed by atoms with Crippen LogP contribution in [0.4, 0.5) is 0 Å². The maximum absolute atomic E-state index is 4.63. The molecular formula is C16H25N3S. The molecule has 0 radical (unpaired) electrons. The first kappa shape index (κ1) is 13.2. The lowest BCUT2D eigenvalue weighted by Gasteiger charge is -2.55. The summed E-state index contributed by atoms with van der Waals surface area (Å²) in [5.41, 5.74) is 0.438. The Labute approximate surface area is 125 Å². The van der Waals surface area contributed by atoms with Crippen LogP contribution in [0.15, 0.2) is 0 Å². The van der Waals surface area contributed by atoms with Gasteiger partial charge in [0.1, 0.15) is 10.0 Å². The maximum Gasteiger partial charge on any atom is 0.123 e. The van der Waals surface area contributed by atoms with Gasteiger partial charge in [0.15, 0.2) is 0 Å². The molecule has 4 fully saturated rings. The largest absolute Gasteiger partial charge is 0.320 e. The van der Waals surface area contributed by atoms with E-state index in [0.29, 0.717) is 5.41 Å². The van der Waals surface area contributed by atoms with Crippen molar-refractivity contribution < 1.29 is 0 Å². The van der Waals surface area contributed by atoms with Crippen LogP contribution in [0.5, 0.6) is 0 Å². The summed E-state index contributed by atoms with van der Waals surface area (Å²) >= 11 is 1.92. The Kier molecular flexibility index (Phi) is 3.34. The SMILES string of the molecule is CNCCCc1nnc(C23CC4CC(CC(C4)C2)C3)s1. The first-order valence-electron chi connectivity index (χ1n) is 8.25. The van der Waals surface area contributed by atoms with Crippen molar-refractivity contribution in [2.24, 2.45) is 17.8 Å². The minimum absolute atomic E-state index is 0.438. The van der Waals surface area contributed by atoms with Gasteiger partial charge in [0, 0.05) is 11.8 Å². The third-order valence-corrected chi connectivity index (χ3v) is 7.01. The second kappa shape index (κ2) is 5.06. The normalized spacial score (nSPS) is 38.5. The maximum atomic E-state index is 4.63. The van der Waals surface area contributed by atoms with Crippen LogP contribution in [0.25, 0.3) is 0 Å². The predicted molar refractivity (Wildman–Crippen MR) is 82.0 cm³/mol.